The summed E-state index contributed by atoms with van der Waals surface area (Å²) in [7, 11) is 0. The van der Waals surface area contributed by atoms with Gasteiger partial charge in [-0.25, -0.2) is 0 Å². The zero-order chi connectivity index (χ0) is 6.41. The average molecular weight is 217 g/mol. The average Bonchev–Trinajstić information content (AvgIpc) is 0.592. The van der Waals surface area contributed by atoms with Crippen LogP contribution >= 0.6 is 0 Å². The Hall–Kier alpha value is 2.10. The summed E-state index contributed by atoms with van der Waals surface area (Å²) in [4.78, 5) is 0. The van der Waals surface area contributed by atoms with E-state index in [0.29, 0.717) is 0 Å². The van der Waals surface area contributed by atoms with E-state index in [-0.39, 0.29) is 59.1 Å². The Balaban J connectivity index is -0.000000180. The first-order chi connectivity index (χ1) is 2.45. The molecule has 0 radical (unpaired) electrons. The van der Waals surface area contributed by atoms with Crippen LogP contribution in [0.25, 0.3) is 0 Å². The molecule has 0 aliphatic heterocycles. The SMILES string of the molecule is [F][Mn]([F])([F])([F])([F])[F].[NaH].[NaH]. The second kappa shape index (κ2) is 2.86. The fraction of sp³-hybridized carbons (Fsp3) is 0. The normalized spacial score (nSPS) is 18.0. The van der Waals surface area contributed by atoms with Crippen molar-refractivity contribution in [3.8, 4) is 0 Å². The molecule has 0 N–H and O–H groups in total. The third-order valence-electron chi connectivity index (χ3n) is 0. The van der Waals surface area contributed by atoms with Gasteiger partial charge in [0.25, 0.3) is 0 Å². The Bertz CT molecular complexity index is 69.6. The van der Waals surface area contributed by atoms with E-state index in [9.17, 15) is 21.3 Å². The summed E-state index contributed by atoms with van der Waals surface area (Å²) in [5.74, 6) is 0. The van der Waals surface area contributed by atoms with Crippen molar-refractivity contribution in [2.75, 3.05) is 0 Å². The summed E-state index contributed by atoms with van der Waals surface area (Å²) in [6, 6.07) is 0. The second-order valence-corrected chi connectivity index (χ2v) is 3.34. The Morgan fingerprint density at radius 3 is 0.556 bits per heavy atom. The van der Waals surface area contributed by atoms with Crippen LogP contribution in [-0.4, -0.2) is 59.1 Å². The molecule has 9 heavy (non-hydrogen) atoms. The van der Waals surface area contributed by atoms with Crippen molar-refractivity contribution in [3.63, 3.8) is 0 Å². The molecule has 0 atom stereocenters. The van der Waals surface area contributed by atoms with Crippen LogP contribution in [0.2, 0.25) is 0 Å². The summed E-state index contributed by atoms with van der Waals surface area (Å²) >= 11 is -10.9. The predicted octanol–water partition coefficient (Wildman–Crippen LogP) is 1.22. The first-order valence-corrected chi connectivity index (χ1v) is 3.53. The van der Waals surface area contributed by atoms with Crippen molar-refractivity contribution in [1.82, 2.24) is 0 Å². The standard InChI is InChI=1S/6FH.Mn.2Na.2H/h6*1H;;;;;/q;;;;;;+6;;;;/p-6. The molecule has 0 unspecified atom stereocenters. The van der Waals surface area contributed by atoms with Crippen LogP contribution in [0.1, 0.15) is 0 Å². The minimum absolute atomic E-state index is 0. The summed E-state index contributed by atoms with van der Waals surface area (Å²) in [5, 5.41) is 0. The van der Waals surface area contributed by atoms with Crippen molar-refractivity contribution in [2.45, 2.75) is 0 Å². The number of halogens is 6. The van der Waals surface area contributed by atoms with Crippen LogP contribution < -0.4 is 0 Å². The Morgan fingerprint density at radius 2 is 0.556 bits per heavy atom. The third kappa shape index (κ3) is 150. The second-order valence-electron chi connectivity index (χ2n) is 0.810. The molecule has 0 aromatic rings. The molecule has 0 amide bonds. The molecule has 0 aromatic heterocycles. The zero-order valence-electron chi connectivity index (χ0n) is 2.65. The molecule has 0 bridgehead atoms. The van der Waals surface area contributed by atoms with Crippen LogP contribution in [-0.2, 0) is 13.5 Å². The predicted molar refractivity (Wildman–Crippen MR) is 20.9 cm³/mol. The third-order valence-corrected chi connectivity index (χ3v) is 0. The van der Waals surface area contributed by atoms with Gasteiger partial charge in [0, 0.05) is 0 Å². The summed E-state index contributed by atoms with van der Waals surface area (Å²) in [5.41, 5.74) is 0. The number of hydrogen-bond donors (Lipinski definition) is 0. The summed E-state index contributed by atoms with van der Waals surface area (Å²) < 4.78 is 59.3. The van der Waals surface area contributed by atoms with E-state index in [4.69, 9.17) is 0 Å². The Morgan fingerprint density at radius 1 is 0.556 bits per heavy atom. The molecular weight excluding hydrogens is 215 g/mol. The molecule has 0 saturated carbocycles. The molecule has 0 heterocycles. The van der Waals surface area contributed by atoms with Gasteiger partial charge in [-0.1, -0.05) is 0 Å². The van der Waals surface area contributed by atoms with E-state index in [1.54, 1.807) is 0 Å². The van der Waals surface area contributed by atoms with Crippen LogP contribution in [0.4, 0.5) is 21.3 Å². The summed E-state index contributed by atoms with van der Waals surface area (Å²) in [6.07, 6.45) is 0. The van der Waals surface area contributed by atoms with Crippen molar-refractivity contribution in [3.05, 3.63) is 0 Å². The molecule has 0 saturated heterocycles. The van der Waals surface area contributed by atoms with Gasteiger partial charge >= 0.3 is 93.9 Å². The molecular formula is H2F6MnNa2. The molecule has 0 aliphatic carbocycles. The quantitative estimate of drug-likeness (QED) is 0.422. The topological polar surface area (TPSA) is 0 Å². The van der Waals surface area contributed by atoms with Crippen LogP contribution in [0.3, 0.4) is 0 Å². The van der Waals surface area contributed by atoms with E-state index in [2.05, 4.69) is 0 Å². The van der Waals surface area contributed by atoms with Crippen molar-refractivity contribution < 1.29 is 34.8 Å². The number of rotatable bonds is 0. The zero-order valence-corrected chi connectivity index (χ0v) is 3.83. The fourth-order valence-electron chi connectivity index (χ4n) is 0. The van der Waals surface area contributed by atoms with E-state index in [0.717, 1.165) is 0 Å². The van der Waals surface area contributed by atoms with Gasteiger partial charge in [0.05, 0.1) is 0 Å². The van der Waals surface area contributed by atoms with Gasteiger partial charge < -0.3 is 0 Å². The van der Waals surface area contributed by atoms with Gasteiger partial charge in [0.2, 0.25) is 0 Å². The van der Waals surface area contributed by atoms with Crippen molar-refractivity contribution in [1.29, 1.82) is 0 Å². The molecule has 0 nitrogen and oxygen atoms in total. The summed E-state index contributed by atoms with van der Waals surface area (Å²) in [6.45, 7) is 0. The maximum absolute atomic E-state index is 10.9. The molecule has 53 valence electrons. The van der Waals surface area contributed by atoms with Crippen LogP contribution in [0, 0.1) is 0 Å². The molecule has 0 aromatic carbocycles. The van der Waals surface area contributed by atoms with E-state index in [1.807, 2.05) is 0 Å². The first kappa shape index (κ1) is 17.3. The molecule has 0 fully saturated rings. The van der Waals surface area contributed by atoms with Gasteiger partial charge in [-0.15, -0.1) is 0 Å². The molecule has 9 heteroatoms. The Kier molecular flexibility index (Phi) is 5.48. The van der Waals surface area contributed by atoms with E-state index >= 15 is 0 Å². The van der Waals surface area contributed by atoms with Gasteiger partial charge in [0.1, 0.15) is 0 Å². The van der Waals surface area contributed by atoms with E-state index < -0.39 is 13.5 Å². The van der Waals surface area contributed by atoms with Crippen LogP contribution in [0.5, 0.6) is 0 Å². The Labute approximate surface area is 92.6 Å². The van der Waals surface area contributed by atoms with Gasteiger partial charge in [0.15, 0.2) is 0 Å². The maximum atomic E-state index is 9.89. The van der Waals surface area contributed by atoms with Crippen LogP contribution in [0.15, 0.2) is 0 Å². The van der Waals surface area contributed by atoms with Gasteiger partial charge in [-0.2, -0.15) is 0 Å². The molecule has 0 aliphatic rings. The fourth-order valence-corrected chi connectivity index (χ4v) is 0. The number of hydrogen-bond acceptors (Lipinski definition) is 0. The molecule has 0 rings (SSSR count). The van der Waals surface area contributed by atoms with Gasteiger partial charge in [-0.05, 0) is 0 Å². The van der Waals surface area contributed by atoms with E-state index in [1.165, 1.54) is 0 Å². The van der Waals surface area contributed by atoms with Crippen molar-refractivity contribution >= 4 is 59.1 Å². The van der Waals surface area contributed by atoms with Crippen molar-refractivity contribution in [2.24, 2.45) is 0 Å². The van der Waals surface area contributed by atoms with Gasteiger partial charge in [-0.3, -0.25) is 0 Å². The molecule has 0 spiro atoms. The minimum atomic E-state index is -10.9. The monoisotopic (exact) mass is 217 g/mol. The first-order valence-electron chi connectivity index (χ1n) is 0.857.